The van der Waals surface area contributed by atoms with Crippen LogP contribution in [-0.4, -0.2) is 23.7 Å². The molecule has 1 rings (SSSR count). The molecule has 102 valence electrons. The third-order valence-corrected chi connectivity index (χ3v) is 4.26. The molecule has 0 aromatic carbocycles. The van der Waals surface area contributed by atoms with Gasteiger partial charge in [0.1, 0.15) is 0 Å². The zero-order valence-electron chi connectivity index (χ0n) is 11.5. The van der Waals surface area contributed by atoms with Crippen molar-refractivity contribution in [1.82, 2.24) is 5.32 Å². The number of rotatable bonds is 7. The average Bonchev–Trinajstić information content (AvgIpc) is 2.79. The van der Waals surface area contributed by atoms with Crippen LogP contribution in [0.2, 0.25) is 0 Å². The molecule has 0 spiro atoms. The van der Waals surface area contributed by atoms with Crippen molar-refractivity contribution in [3.05, 3.63) is 21.4 Å². The normalized spacial score (nSPS) is 12.4. The second-order valence-electron chi connectivity index (χ2n) is 4.42. The van der Waals surface area contributed by atoms with Crippen molar-refractivity contribution < 1.29 is 9.90 Å². The van der Waals surface area contributed by atoms with Crippen LogP contribution < -0.4 is 5.32 Å². The van der Waals surface area contributed by atoms with E-state index in [1.54, 1.807) is 11.3 Å². The van der Waals surface area contributed by atoms with Crippen LogP contribution >= 0.6 is 11.3 Å². The average molecular weight is 269 g/mol. The lowest BCUT2D eigenvalue weighted by Crippen LogP contribution is -2.36. The Kier molecular flexibility index (Phi) is 6.36. The second kappa shape index (κ2) is 7.54. The van der Waals surface area contributed by atoms with Gasteiger partial charge in [0, 0.05) is 4.88 Å². The number of amides is 1. The van der Waals surface area contributed by atoms with E-state index in [9.17, 15) is 4.79 Å². The molecule has 1 unspecified atom stereocenters. The first kappa shape index (κ1) is 15.2. The molecular weight excluding hydrogens is 246 g/mol. The maximum atomic E-state index is 12.0. The number of hydrogen-bond donors (Lipinski definition) is 2. The maximum absolute atomic E-state index is 12.0. The molecule has 4 heteroatoms. The second-order valence-corrected chi connectivity index (χ2v) is 5.56. The summed E-state index contributed by atoms with van der Waals surface area (Å²) in [7, 11) is 0. The van der Waals surface area contributed by atoms with E-state index in [1.807, 2.05) is 13.0 Å². The number of carbonyl (C=O) groups is 1. The standard InChI is InChI=1S/C14H23NO2S/c1-4-7-12-10(5-2)8-13(18-12)14(17)15-11(6-3)9-16/h8,11,16H,4-7,9H2,1-3H3,(H,15,17). The molecule has 1 heterocycles. The van der Waals surface area contributed by atoms with E-state index < -0.39 is 0 Å². The van der Waals surface area contributed by atoms with Crippen LogP contribution in [0.25, 0.3) is 0 Å². The summed E-state index contributed by atoms with van der Waals surface area (Å²) < 4.78 is 0. The Bertz CT molecular complexity index is 383. The molecular formula is C14H23NO2S. The van der Waals surface area contributed by atoms with Gasteiger partial charge in [-0.15, -0.1) is 11.3 Å². The fraction of sp³-hybridized carbons (Fsp3) is 0.643. The van der Waals surface area contributed by atoms with E-state index in [4.69, 9.17) is 5.11 Å². The summed E-state index contributed by atoms with van der Waals surface area (Å²) in [6, 6.07) is 1.86. The molecule has 1 atom stereocenters. The predicted octanol–water partition coefficient (Wildman–Crippen LogP) is 2.76. The smallest absolute Gasteiger partial charge is 0.261 e. The number of thiophene rings is 1. The SMILES string of the molecule is CCCc1sc(C(=O)NC(CC)CO)cc1CC. The van der Waals surface area contributed by atoms with E-state index in [0.29, 0.717) is 0 Å². The van der Waals surface area contributed by atoms with Crippen molar-refractivity contribution in [1.29, 1.82) is 0 Å². The largest absolute Gasteiger partial charge is 0.394 e. The lowest BCUT2D eigenvalue weighted by Gasteiger charge is -2.12. The van der Waals surface area contributed by atoms with Crippen molar-refractivity contribution in [3.8, 4) is 0 Å². The van der Waals surface area contributed by atoms with Crippen molar-refractivity contribution in [3.63, 3.8) is 0 Å². The molecule has 0 aliphatic heterocycles. The van der Waals surface area contributed by atoms with E-state index in [0.717, 1.165) is 30.6 Å². The minimum absolute atomic E-state index is 0.00390. The lowest BCUT2D eigenvalue weighted by molar-refractivity contribution is 0.0919. The van der Waals surface area contributed by atoms with Crippen LogP contribution in [0.4, 0.5) is 0 Å². The topological polar surface area (TPSA) is 49.3 Å². The summed E-state index contributed by atoms with van der Waals surface area (Å²) in [5.74, 6) is -0.0575. The van der Waals surface area contributed by atoms with Crippen molar-refractivity contribution >= 4 is 17.2 Å². The highest BCUT2D eigenvalue weighted by Crippen LogP contribution is 2.24. The van der Waals surface area contributed by atoms with Gasteiger partial charge in [0.2, 0.25) is 0 Å². The van der Waals surface area contributed by atoms with Crippen LogP contribution in [0.1, 0.15) is 53.7 Å². The third-order valence-electron chi connectivity index (χ3n) is 3.03. The number of hydrogen-bond acceptors (Lipinski definition) is 3. The Morgan fingerprint density at radius 2 is 2.17 bits per heavy atom. The van der Waals surface area contributed by atoms with Crippen molar-refractivity contribution in [2.45, 2.75) is 52.5 Å². The van der Waals surface area contributed by atoms with Crippen LogP contribution in [0, 0.1) is 0 Å². The van der Waals surface area contributed by atoms with Gasteiger partial charge in [-0.1, -0.05) is 27.2 Å². The summed E-state index contributed by atoms with van der Waals surface area (Å²) in [6.07, 6.45) is 3.85. The Hall–Kier alpha value is -0.870. The minimum atomic E-state index is -0.140. The summed E-state index contributed by atoms with van der Waals surface area (Å²) in [6.45, 7) is 6.22. The van der Waals surface area contributed by atoms with Crippen LogP contribution in [-0.2, 0) is 12.8 Å². The third kappa shape index (κ3) is 3.82. The molecule has 0 saturated carbocycles. The first-order valence-electron chi connectivity index (χ1n) is 6.69. The fourth-order valence-electron chi connectivity index (χ4n) is 1.85. The van der Waals surface area contributed by atoms with Gasteiger partial charge in [-0.3, -0.25) is 4.79 Å². The zero-order valence-corrected chi connectivity index (χ0v) is 12.3. The molecule has 2 N–H and O–H groups in total. The van der Waals surface area contributed by atoms with E-state index in [2.05, 4.69) is 19.2 Å². The molecule has 1 amide bonds. The van der Waals surface area contributed by atoms with Gasteiger partial charge in [-0.25, -0.2) is 0 Å². The fourth-order valence-corrected chi connectivity index (χ4v) is 3.11. The Balaban J connectivity index is 2.79. The molecule has 18 heavy (non-hydrogen) atoms. The Labute approximate surface area is 113 Å². The van der Waals surface area contributed by atoms with Crippen molar-refractivity contribution in [2.24, 2.45) is 0 Å². The summed E-state index contributed by atoms with van der Waals surface area (Å²) >= 11 is 1.59. The van der Waals surface area contributed by atoms with Gasteiger partial charge in [-0.2, -0.15) is 0 Å². The molecule has 1 aromatic heterocycles. The van der Waals surface area contributed by atoms with E-state index in [1.165, 1.54) is 10.4 Å². The van der Waals surface area contributed by atoms with Crippen LogP contribution in [0.3, 0.4) is 0 Å². The molecule has 1 aromatic rings. The summed E-state index contributed by atoms with van der Waals surface area (Å²) in [4.78, 5) is 14.1. The first-order chi connectivity index (χ1) is 8.65. The van der Waals surface area contributed by atoms with Gasteiger partial charge in [-0.05, 0) is 30.9 Å². The van der Waals surface area contributed by atoms with Gasteiger partial charge >= 0.3 is 0 Å². The number of carbonyl (C=O) groups excluding carboxylic acids is 1. The summed E-state index contributed by atoms with van der Waals surface area (Å²) in [5, 5.41) is 12.0. The van der Waals surface area contributed by atoms with E-state index >= 15 is 0 Å². The van der Waals surface area contributed by atoms with Crippen LogP contribution in [0.15, 0.2) is 6.07 Å². The monoisotopic (exact) mass is 269 g/mol. The van der Waals surface area contributed by atoms with Gasteiger partial charge < -0.3 is 10.4 Å². The highest BCUT2D eigenvalue weighted by Gasteiger charge is 2.15. The molecule has 3 nitrogen and oxygen atoms in total. The minimum Gasteiger partial charge on any atom is -0.394 e. The van der Waals surface area contributed by atoms with Gasteiger partial charge in [0.05, 0.1) is 17.5 Å². The molecule has 0 bridgehead atoms. The Morgan fingerprint density at radius 3 is 2.67 bits per heavy atom. The molecule has 0 fully saturated rings. The zero-order chi connectivity index (χ0) is 13.5. The van der Waals surface area contributed by atoms with E-state index in [-0.39, 0.29) is 18.6 Å². The number of nitrogens with one attached hydrogen (secondary N) is 1. The van der Waals surface area contributed by atoms with Gasteiger partial charge in [0.25, 0.3) is 5.91 Å². The Morgan fingerprint density at radius 1 is 1.44 bits per heavy atom. The number of aliphatic hydroxyl groups is 1. The quantitative estimate of drug-likeness (QED) is 0.799. The highest BCUT2D eigenvalue weighted by atomic mass is 32.1. The van der Waals surface area contributed by atoms with Gasteiger partial charge in [0.15, 0.2) is 0 Å². The first-order valence-corrected chi connectivity index (χ1v) is 7.51. The lowest BCUT2D eigenvalue weighted by atomic mass is 10.1. The molecule has 0 radical (unpaired) electrons. The van der Waals surface area contributed by atoms with Crippen LogP contribution in [0.5, 0.6) is 0 Å². The molecule has 0 saturated heterocycles. The summed E-state index contributed by atoms with van der Waals surface area (Å²) in [5.41, 5.74) is 1.28. The van der Waals surface area contributed by atoms with Crippen molar-refractivity contribution in [2.75, 3.05) is 6.61 Å². The highest BCUT2D eigenvalue weighted by molar-refractivity contribution is 7.14. The number of aliphatic hydroxyl groups excluding tert-OH is 1. The molecule has 0 aliphatic carbocycles. The number of aryl methyl sites for hydroxylation is 2. The predicted molar refractivity (Wildman–Crippen MR) is 76.3 cm³/mol. The molecule has 0 aliphatic rings. The maximum Gasteiger partial charge on any atom is 0.261 e.